The molecule has 1 aromatic rings. The lowest BCUT2D eigenvalue weighted by molar-refractivity contribution is 0.435. The van der Waals surface area contributed by atoms with Crippen LogP contribution in [0.4, 0.5) is 0 Å². The summed E-state index contributed by atoms with van der Waals surface area (Å²) in [6, 6.07) is 3.92. The molecule has 0 aliphatic rings. The van der Waals surface area contributed by atoms with Gasteiger partial charge in [-0.1, -0.05) is 0 Å². The minimum atomic E-state index is -0.0210. The van der Waals surface area contributed by atoms with Crippen LogP contribution in [0.15, 0.2) is 16.5 Å². The second-order valence-corrected chi connectivity index (χ2v) is 5.34. The second kappa shape index (κ2) is 4.87. The second-order valence-electron chi connectivity index (χ2n) is 3.62. The smallest absolute Gasteiger partial charge is 0.119 e. The summed E-state index contributed by atoms with van der Waals surface area (Å²) < 4.78 is 5.59. The van der Waals surface area contributed by atoms with Gasteiger partial charge in [-0.15, -0.1) is 11.8 Å². The summed E-state index contributed by atoms with van der Waals surface area (Å²) in [7, 11) is 0. The van der Waals surface area contributed by atoms with Crippen LogP contribution in [0.2, 0.25) is 0 Å². The molecule has 0 fully saturated rings. The molecule has 4 N–H and O–H groups in total. The highest BCUT2D eigenvalue weighted by Gasteiger charge is 2.24. The highest BCUT2D eigenvalue weighted by Crippen LogP contribution is 2.36. The van der Waals surface area contributed by atoms with E-state index in [0.717, 1.165) is 17.3 Å². The Morgan fingerprint density at radius 1 is 1.36 bits per heavy atom. The van der Waals surface area contributed by atoms with Gasteiger partial charge in [0, 0.05) is 12.3 Å². The van der Waals surface area contributed by atoms with Crippen LogP contribution in [-0.2, 0) is 11.3 Å². The molecule has 1 aromatic heterocycles. The van der Waals surface area contributed by atoms with Crippen LogP contribution in [0, 0.1) is 0 Å². The summed E-state index contributed by atoms with van der Waals surface area (Å²) in [6.45, 7) is 5.41. The molecule has 0 saturated carbocycles. The molecule has 0 aliphatic heterocycles. The van der Waals surface area contributed by atoms with Gasteiger partial charge in [-0.3, -0.25) is 0 Å². The number of rotatable bonds is 5. The van der Waals surface area contributed by atoms with E-state index in [1.807, 2.05) is 12.1 Å². The average Bonchev–Trinajstić information content (AvgIpc) is 2.63. The monoisotopic (exact) mass is 214 g/mol. The van der Waals surface area contributed by atoms with Gasteiger partial charge < -0.3 is 15.9 Å². The molecular weight excluding hydrogens is 196 g/mol. The SMILES string of the molecule is CC(C)(SCCN)c1ccc(CN)o1. The highest BCUT2D eigenvalue weighted by atomic mass is 32.2. The van der Waals surface area contributed by atoms with E-state index in [-0.39, 0.29) is 4.75 Å². The van der Waals surface area contributed by atoms with Gasteiger partial charge in [0.2, 0.25) is 0 Å². The Labute approximate surface area is 89.2 Å². The zero-order chi connectivity index (χ0) is 10.6. The maximum atomic E-state index is 5.61. The van der Waals surface area contributed by atoms with Gasteiger partial charge in [-0.05, 0) is 26.0 Å². The van der Waals surface area contributed by atoms with E-state index in [9.17, 15) is 0 Å². The lowest BCUT2D eigenvalue weighted by atomic mass is 10.1. The highest BCUT2D eigenvalue weighted by molar-refractivity contribution is 8.00. The normalized spacial score (nSPS) is 12.0. The number of furan rings is 1. The number of hydrogen-bond donors (Lipinski definition) is 2. The molecule has 3 nitrogen and oxygen atoms in total. The lowest BCUT2D eigenvalue weighted by Crippen LogP contribution is -2.14. The lowest BCUT2D eigenvalue weighted by Gasteiger charge is -2.20. The Bertz CT molecular complexity index is 283. The van der Waals surface area contributed by atoms with Crippen molar-refractivity contribution < 1.29 is 4.42 Å². The Hall–Kier alpha value is -0.450. The molecular formula is C10H18N2OS. The first-order valence-electron chi connectivity index (χ1n) is 4.73. The molecule has 0 bridgehead atoms. The van der Waals surface area contributed by atoms with E-state index in [0.29, 0.717) is 13.1 Å². The first-order chi connectivity index (χ1) is 6.60. The molecule has 0 unspecified atom stereocenters. The minimum Gasteiger partial charge on any atom is -0.463 e. The van der Waals surface area contributed by atoms with Gasteiger partial charge in [0.25, 0.3) is 0 Å². The summed E-state index contributed by atoms with van der Waals surface area (Å²) in [5.74, 6) is 2.74. The van der Waals surface area contributed by atoms with E-state index in [1.54, 1.807) is 11.8 Å². The Morgan fingerprint density at radius 2 is 2.07 bits per heavy atom. The molecule has 0 aliphatic carbocycles. The van der Waals surface area contributed by atoms with Crippen molar-refractivity contribution in [3.63, 3.8) is 0 Å². The number of nitrogens with two attached hydrogens (primary N) is 2. The predicted molar refractivity (Wildman–Crippen MR) is 61.1 cm³/mol. The van der Waals surface area contributed by atoms with Crippen molar-refractivity contribution in [2.45, 2.75) is 25.1 Å². The Morgan fingerprint density at radius 3 is 2.57 bits per heavy atom. The molecule has 0 saturated heterocycles. The Kier molecular flexibility index (Phi) is 4.04. The topological polar surface area (TPSA) is 65.2 Å². The fourth-order valence-electron chi connectivity index (χ4n) is 1.20. The van der Waals surface area contributed by atoms with Crippen molar-refractivity contribution in [1.29, 1.82) is 0 Å². The fraction of sp³-hybridized carbons (Fsp3) is 0.600. The van der Waals surface area contributed by atoms with Crippen molar-refractivity contribution in [2.75, 3.05) is 12.3 Å². The van der Waals surface area contributed by atoms with Crippen LogP contribution in [0.5, 0.6) is 0 Å². The zero-order valence-electron chi connectivity index (χ0n) is 8.75. The van der Waals surface area contributed by atoms with Gasteiger partial charge in [0.05, 0.1) is 11.3 Å². The quantitative estimate of drug-likeness (QED) is 0.782. The third-order valence-electron chi connectivity index (χ3n) is 2.04. The van der Waals surface area contributed by atoms with Gasteiger partial charge in [0.1, 0.15) is 11.5 Å². The van der Waals surface area contributed by atoms with E-state index < -0.39 is 0 Å². The first-order valence-corrected chi connectivity index (χ1v) is 5.72. The molecule has 0 radical (unpaired) electrons. The zero-order valence-corrected chi connectivity index (χ0v) is 9.56. The van der Waals surface area contributed by atoms with Crippen molar-refractivity contribution in [3.8, 4) is 0 Å². The Balaban J connectivity index is 2.70. The largest absolute Gasteiger partial charge is 0.463 e. The average molecular weight is 214 g/mol. The van der Waals surface area contributed by atoms with Gasteiger partial charge in [-0.2, -0.15) is 0 Å². The van der Waals surface area contributed by atoms with E-state index >= 15 is 0 Å². The van der Waals surface area contributed by atoms with Gasteiger partial charge >= 0.3 is 0 Å². The molecule has 80 valence electrons. The van der Waals surface area contributed by atoms with Crippen LogP contribution in [0.25, 0.3) is 0 Å². The molecule has 0 atom stereocenters. The van der Waals surface area contributed by atoms with Crippen LogP contribution < -0.4 is 11.5 Å². The van der Waals surface area contributed by atoms with Crippen molar-refractivity contribution in [3.05, 3.63) is 23.7 Å². The van der Waals surface area contributed by atoms with Crippen LogP contribution in [0.3, 0.4) is 0 Å². The molecule has 0 amide bonds. The predicted octanol–water partition coefficient (Wildman–Crippen LogP) is 1.67. The maximum absolute atomic E-state index is 5.61. The molecule has 0 aromatic carbocycles. The van der Waals surface area contributed by atoms with Crippen molar-refractivity contribution in [2.24, 2.45) is 11.5 Å². The van der Waals surface area contributed by atoms with Crippen LogP contribution in [-0.4, -0.2) is 12.3 Å². The minimum absolute atomic E-state index is 0.0210. The van der Waals surface area contributed by atoms with E-state index in [4.69, 9.17) is 15.9 Å². The van der Waals surface area contributed by atoms with Gasteiger partial charge in [0.15, 0.2) is 0 Å². The first kappa shape index (κ1) is 11.6. The van der Waals surface area contributed by atoms with E-state index in [1.165, 1.54) is 0 Å². The third-order valence-corrected chi connectivity index (χ3v) is 3.40. The van der Waals surface area contributed by atoms with Crippen molar-refractivity contribution >= 4 is 11.8 Å². The number of hydrogen-bond acceptors (Lipinski definition) is 4. The molecule has 0 spiro atoms. The number of thioether (sulfide) groups is 1. The summed E-state index contributed by atoms with van der Waals surface area (Å²) >= 11 is 1.80. The van der Waals surface area contributed by atoms with E-state index in [2.05, 4.69) is 13.8 Å². The van der Waals surface area contributed by atoms with Crippen molar-refractivity contribution in [1.82, 2.24) is 0 Å². The molecule has 1 heterocycles. The maximum Gasteiger partial charge on any atom is 0.119 e. The summed E-state index contributed by atoms with van der Waals surface area (Å²) in [6.07, 6.45) is 0. The van der Waals surface area contributed by atoms with Gasteiger partial charge in [-0.25, -0.2) is 0 Å². The summed E-state index contributed by atoms with van der Waals surface area (Å²) in [5.41, 5.74) is 11.0. The molecule has 1 rings (SSSR count). The molecule has 4 heteroatoms. The summed E-state index contributed by atoms with van der Waals surface area (Å²) in [4.78, 5) is 0. The van der Waals surface area contributed by atoms with Crippen LogP contribution in [0.1, 0.15) is 25.4 Å². The third kappa shape index (κ3) is 2.77. The molecule has 14 heavy (non-hydrogen) atoms. The van der Waals surface area contributed by atoms with Crippen LogP contribution >= 0.6 is 11.8 Å². The summed E-state index contributed by atoms with van der Waals surface area (Å²) in [5, 5.41) is 0. The standard InChI is InChI=1S/C10H18N2OS/c1-10(2,14-6-5-11)9-4-3-8(7-12)13-9/h3-4H,5-7,11-12H2,1-2H3. The fourth-order valence-corrected chi connectivity index (χ4v) is 2.08.